The highest BCUT2D eigenvalue weighted by molar-refractivity contribution is 7.86. The first-order valence-electron chi connectivity index (χ1n) is 11.8. The van der Waals surface area contributed by atoms with Crippen LogP contribution < -0.4 is 0 Å². The lowest BCUT2D eigenvalue weighted by molar-refractivity contribution is 0.0899. The van der Waals surface area contributed by atoms with E-state index in [0.29, 0.717) is 19.0 Å². The molecule has 3 heterocycles. The Morgan fingerprint density at radius 2 is 1.62 bits per heavy atom. The second kappa shape index (κ2) is 12.1. The molecule has 0 aliphatic rings. The van der Waals surface area contributed by atoms with Gasteiger partial charge in [0.25, 0.3) is 20.2 Å². The smallest absolute Gasteiger partial charge is 0.264 e. The number of hydrogen-bond acceptors (Lipinski definition) is 10. The van der Waals surface area contributed by atoms with Gasteiger partial charge in [0.2, 0.25) is 0 Å². The lowest BCUT2D eigenvalue weighted by Gasteiger charge is -2.17. The Bertz CT molecular complexity index is 1360. The Labute approximate surface area is 219 Å². The van der Waals surface area contributed by atoms with Gasteiger partial charge < -0.3 is 9.30 Å². The minimum Gasteiger partial charge on any atom is -0.361 e. The van der Waals surface area contributed by atoms with Crippen LogP contribution in [0.25, 0.3) is 22.3 Å². The number of nitrogens with zero attached hydrogens (tertiary/aromatic N) is 5. The number of fused-ring (bicyclic) bond motifs is 1. The van der Waals surface area contributed by atoms with Crippen molar-refractivity contribution in [2.75, 3.05) is 32.3 Å². The standard InChI is InChI=1S/C22H35N5O7S2Si/c1-35(28,29)33-10-7-19(8-11-34-36(2,30)31)27-15-18(14-25-27)21-20-6-9-26(22(20)24-16-23-21)17-32-12-13-37(3,4)5/h6,9,14-16,19H,7-8,10-13,17H2,1-5H3. The molecule has 37 heavy (non-hydrogen) atoms. The molecule has 0 unspecified atom stereocenters. The summed E-state index contributed by atoms with van der Waals surface area (Å²) in [5.74, 6) is 0. The predicted octanol–water partition coefficient (Wildman–Crippen LogP) is 2.88. The zero-order valence-electron chi connectivity index (χ0n) is 21.8. The third-order valence-electron chi connectivity index (χ3n) is 5.53. The number of aromatic nitrogens is 5. The molecular weight excluding hydrogens is 538 g/mol. The third-order valence-corrected chi connectivity index (χ3v) is 8.42. The van der Waals surface area contributed by atoms with Crippen LogP contribution in [0.2, 0.25) is 25.7 Å². The van der Waals surface area contributed by atoms with Gasteiger partial charge in [-0.05, 0) is 25.0 Å². The Hall–Kier alpha value is -2.17. The van der Waals surface area contributed by atoms with Gasteiger partial charge in [0.15, 0.2) is 0 Å². The molecule has 0 atom stereocenters. The fraction of sp³-hybridized carbons (Fsp3) is 0.591. The summed E-state index contributed by atoms with van der Waals surface area (Å²) in [5, 5.41) is 5.28. The molecule has 0 aromatic carbocycles. The summed E-state index contributed by atoms with van der Waals surface area (Å²) in [6, 6.07) is 2.65. The molecule has 3 rings (SSSR count). The maximum Gasteiger partial charge on any atom is 0.264 e. The lowest BCUT2D eigenvalue weighted by Crippen LogP contribution is -2.22. The highest BCUT2D eigenvalue weighted by Crippen LogP contribution is 2.28. The van der Waals surface area contributed by atoms with Crippen molar-refractivity contribution in [2.24, 2.45) is 0 Å². The molecule has 3 aromatic heterocycles. The van der Waals surface area contributed by atoms with E-state index >= 15 is 0 Å². The van der Waals surface area contributed by atoms with Gasteiger partial charge in [-0.15, -0.1) is 0 Å². The van der Waals surface area contributed by atoms with Gasteiger partial charge in [-0.2, -0.15) is 21.9 Å². The summed E-state index contributed by atoms with van der Waals surface area (Å²) >= 11 is 0. The summed E-state index contributed by atoms with van der Waals surface area (Å²) in [4.78, 5) is 8.89. The predicted molar refractivity (Wildman–Crippen MR) is 143 cm³/mol. The van der Waals surface area contributed by atoms with Crippen molar-refractivity contribution < 1.29 is 29.9 Å². The van der Waals surface area contributed by atoms with Gasteiger partial charge in [0.05, 0.1) is 43.7 Å². The first-order valence-corrected chi connectivity index (χ1v) is 19.2. The average molecular weight is 574 g/mol. The molecule has 206 valence electrons. The fourth-order valence-electron chi connectivity index (χ4n) is 3.62. The Morgan fingerprint density at radius 1 is 0.973 bits per heavy atom. The highest BCUT2D eigenvalue weighted by atomic mass is 32.2. The van der Waals surface area contributed by atoms with Crippen LogP contribution in [-0.2, 0) is 40.1 Å². The van der Waals surface area contributed by atoms with Crippen LogP contribution in [0.5, 0.6) is 0 Å². The van der Waals surface area contributed by atoms with Crippen molar-refractivity contribution in [1.29, 1.82) is 0 Å². The summed E-state index contributed by atoms with van der Waals surface area (Å²) < 4.78 is 64.7. The summed E-state index contributed by atoms with van der Waals surface area (Å²) in [7, 11) is -8.39. The maximum atomic E-state index is 11.4. The molecule has 3 aromatic rings. The minimum absolute atomic E-state index is 0.0735. The van der Waals surface area contributed by atoms with Crippen LogP contribution in [0.15, 0.2) is 31.0 Å². The van der Waals surface area contributed by atoms with Crippen LogP contribution in [0.1, 0.15) is 18.9 Å². The molecule has 0 spiro atoms. The fourth-order valence-corrected chi connectivity index (χ4v) is 5.17. The monoisotopic (exact) mass is 573 g/mol. The topological polar surface area (TPSA) is 144 Å². The lowest BCUT2D eigenvalue weighted by atomic mass is 10.1. The molecule has 0 N–H and O–H groups in total. The van der Waals surface area contributed by atoms with Crippen LogP contribution >= 0.6 is 0 Å². The zero-order valence-corrected chi connectivity index (χ0v) is 24.5. The quantitative estimate of drug-likeness (QED) is 0.151. The van der Waals surface area contributed by atoms with Gasteiger partial charge >= 0.3 is 0 Å². The molecule has 0 aliphatic carbocycles. The van der Waals surface area contributed by atoms with E-state index < -0.39 is 28.3 Å². The van der Waals surface area contributed by atoms with Gasteiger partial charge in [-0.1, -0.05) is 19.6 Å². The van der Waals surface area contributed by atoms with E-state index in [2.05, 4.69) is 34.7 Å². The third kappa shape index (κ3) is 9.57. The molecule has 0 aliphatic heterocycles. The molecule has 0 fully saturated rings. The summed E-state index contributed by atoms with van der Waals surface area (Å²) in [6.07, 6.45) is 9.37. The Balaban J connectivity index is 1.77. The largest absolute Gasteiger partial charge is 0.361 e. The van der Waals surface area contributed by atoms with Crippen molar-refractivity contribution in [1.82, 2.24) is 24.3 Å². The van der Waals surface area contributed by atoms with Crippen LogP contribution in [0.3, 0.4) is 0 Å². The van der Waals surface area contributed by atoms with Crippen molar-refractivity contribution in [3.63, 3.8) is 0 Å². The maximum absolute atomic E-state index is 11.4. The second-order valence-electron chi connectivity index (χ2n) is 10.1. The minimum atomic E-state index is -3.61. The van der Waals surface area contributed by atoms with Crippen molar-refractivity contribution in [3.8, 4) is 11.3 Å². The van der Waals surface area contributed by atoms with Crippen molar-refractivity contribution in [3.05, 3.63) is 31.0 Å². The second-order valence-corrected chi connectivity index (χ2v) is 19.0. The molecule has 0 amide bonds. The molecule has 0 bridgehead atoms. The van der Waals surface area contributed by atoms with Gasteiger partial charge in [0.1, 0.15) is 18.7 Å². The Morgan fingerprint density at radius 3 is 2.22 bits per heavy atom. The van der Waals surface area contributed by atoms with E-state index in [1.807, 2.05) is 16.8 Å². The SMILES string of the molecule is C[Si](C)(C)CCOCn1ccc2c(-c3cnn(C(CCOS(C)(=O)=O)CCOS(C)(=O)=O)c3)ncnc21. The number of rotatable bonds is 15. The zero-order chi connectivity index (χ0) is 27.3. The van der Waals surface area contributed by atoms with E-state index in [0.717, 1.165) is 35.2 Å². The van der Waals surface area contributed by atoms with Crippen LogP contribution in [-0.4, -0.2) is 81.6 Å². The average Bonchev–Trinajstić information content (AvgIpc) is 3.41. The van der Waals surface area contributed by atoms with E-state index in [9.17, 15) is 16.8 Å². The van der Waals surface area contributed by atoms with Gasteiger partial charge in [-0.3, -0.25) is 13.0 Å². The first kappa shape index (κ1) is 29.4. The van der Waals surface area contributed by atoms with Crippen molar-refractivity contribution in [2.45, 2.75) is 51.3 Å². The molecular formula is C22H35N5O7S2Si. The first-order chi connectivity index (χ1) is 17.2. The van der Waals surface area contributed by atoms with E-state index in [1.54, 1.807) is 17.1 Å². The van der Waals surface area contributed by atoms with E-state index in [4.69, 9.17) is 13.1 Å². The summed E-state index contributed by atoms with van der Waals surface area (Å²) in [5.41, 5.74) is 2.17. The van der Waals surface area contributed by atoms with Gasteiger partial charge in [0, 0.05) is 38.0 Å². The van der Waals surface area contributed by atoms with Crippen LogP contribution in [0, 0.1) is 0 Å². The van der Waals surface area contributed by atoms with E-state index in [-0.39, 0.29) is 32.1 Å². The van der Waals surface area contributed by atoms with Crippen molar-refractivity contribution >= 4 is 39.3 Å². The number of hydrogen-bond donors (Lipinski definition) is 0. The molecule has 0 saturated heterocycles. The molecule has 0 saturated carbocycles. The normalized spacial score (nSPS) is 13.1. The van der Waals surface area contributed by atoms with E-state index in [1.165, 1.54) is 6.33 Å². The van der Waals surface area contributed by atoms with Gasteiger partial charge in [-0.25, -0.2) is 9.97 Å². The molecule has 0 radical (unpaired) electrons. The molecule has 12 nitrogen and oxygen atoms in total. The van der Waals surface area contributed by atoms with Crippen LogP contribution in [0.4, 0.5) is 0 Å². The highest BCUT2D eigenvalue weighted by Gasteiger charge is 2.18. The Kier molecular flexibility index (Phi) is 9.63. The summed E-state index contributed by atoms with van der Waals surface area (Å²) in [6.45, 7) is 7.88. The molecule has 15 heteroatoms. The number of ether oxygens (including phenoxy) is 1.